The molecule has 0 aliphatic carbocycles. The van der Waals surface area contributed by atoms with Crippen molar-refractivity contribution in [3.05, 3.63) is 29.3 Å². The van der Waals surface area contributed by atoms with Gasteiger partial charge in [-0.15, -0.1) is 0 Å². The number of β-amino-alcohol motifs (C(OH)–C–C–N with tert-alkyl or cyclic N) is 1. The van der Waals surface area contributed by atoms with Gasteiger partial charge in [0, 0.05) is 19.1 Å². The maximum absolute atomic E-state index is 12.8. The Morgan fingerprint density at radius 3 is 2.53 bits per heavy atom. The lowest BCUT2D eigenvalue weighted by atomic mass is 10.1. The molecule has 0 aromatic heterocycles. The first-order chi connectivity index (χ1) is 14.2. The number of guanidine groups is 1. The molecule has 0 saturated carbocycles. The lowest BCUT2D eigenvalue weighted by Crippen LogP contribution is -2.62. The standard InChI is InChI=1S/C19H24ClN5O5/c1-11(26)8-21-18-22-16-15(17(28)24(3)19(29)23(16)2)25(18)9-13(27)10-30-14-6-4-12(20)5-7-14/h4-7,11,13,15,26-27H,8-10H2,1-3H3/p+1. The molecule has 30 heavy (non-hydrogen) atoms. The zero-order valence-corrected chi connectivity index (χ0v) is 17.7. The van der Waals surface area contributed by atoms with Crippen molar-refractivity contribution in [3.8, 4) is 5.75 Å². The molecule has 3 atom stereocenters. The molecule has 3 rings (SSSR count). The number of nitrogens with one attached hydrogen (secondary N) is 1. The Morgan fingerprint density at radius 2 is 1.90 bits per heavy atom. The maximum atomic E-state index is 12.8. The lowest BCUT2D eigenvalue weighted by Gasteiger charge is -2.32. The molecule has 11 heteroatoms. The minimum absolute atomic E-state index is 0.0228. The van der Waals surface area contributed by atoms with E-state index in [1.54, 1.807) is 35.8 Å². The number of amides is 3. The second-order valence-corrected chi connectivity index (χ2v) is 7.67. The number of carbonyl (C=O) groups excluding carboxylic acids is 2. The number of likely N-dealkylation sites (N-methyl/N-ethyl adjacent to an activating group) is 2. The number of hydrogen-bond acceptors (Lipinski definition) is 7. The maximum Gasteiger partial charge on any atom is 0.390 e. The fourth-order valence-electron chi connectivity index (χ4n) is 3.17. The second-order valence-electron chi connectivity index (χ2n) is 7.24. The summed E-state index contributed by atoms with van der Waals surface area (Å²) in [7, 11) is 2.93. The molecule has 1 aromatic rings. The summed E-state index contributed by atoms with van der Waals surface area (Å²) >= 11 is 5.85. The minimum atomic E-state index is -0.959. The highest BCUT2D eigenvalue weighted by Gasteiger charge is 2.51. The highest BCUT2D eigenvalue weighted by Crippen LogP contribution is 2.19. The number of halogens is 1. The van der Waals surface area contributed by atoms with Crippen molar-refractivity contribution in [2.24, 2.45) is 4.99 Å². The van der Waals surface area contributed by atoms with E-state index in [-0.39, 0.29) is 25.5 Å². The number of rotatable bonds is 7. The molecule has 0 radical (unpaired) electrons. The van der Waals surface area contributed by atoms with Gasteiger partial charge in [-0.05, 0) is 31.2 Å². The number of benzene rings is 1. The number of carbonyl (C=O) groups is 2. The molecule has 0 spiro atoms. The molecule has 1 fully saturated rings. The van der Waals surface area contributed by atoms with Crippen LogP contribution in [0.4, 0.5) is 4.79 Å². The number of hydrogen-bond donors (Lipinski definition) is 3. The zero-order chi connectivity index (χ0) is 22.0. The topological polar surface area (TPSA) is 118 Å². The van der Waals surface area contributed by atoms with Gasteiger partial charge in [0.1, 0.15) is 18.5 Å². The van der Waals surface area contributed by atoms with E-state index in [0.29, 0.717) is 16.7 Å². The predicted molar refractivity (Wildman–Crippen MR) is 110 cm³/mol. The summed E-state index contributed by atoms with van der Waals surface area (Å²) in [5, 5.41) is 23.7. The zero-order valence-electron chi connectivity index (χ0n) is 16.9. The number of imide groups is 1. The summed E-state index contributed by atoms with van der Waals surface area (Å²) in [6.45, 7) is 1.79. The molecule has 3 unspecified atom stereocenters. The van der Waals surface area contributed by atoms with Crippen molar-refractivity contribution in [1.29, 1.82) is 0 Å². The molecule has 0 bridgehead atoms. The smallest absolute Gasteiger partial charge is 0.390 e. The van der Waals surface area contributed by atoms with Crippen molar-refractivity contribution in [2.75, 3.05) is 33.8 Å². The van der Waals surface area contributed by atoms with E-state index in [1.807, 2.05) is 0 Å². The number of urea groups is 1. The Labute approximate surface area is 179 Å². The Hall–Kier alpha value is -2.69. The van der Waals surface area contributed by atoms with Gasteiger partial charge in [-0.25, -0.2) is 9.37 Å². The molecule has 1 saturated heterocycles. The molecular formula is C19H25ClN5O5+. The number of ether oxygens (including phenoxy) is 1. The summed E-state index contributed by atoms with van der Waals surface area (Å²) in [5.41, 5.74) is 0. The fraction of sp³-hybridized carbons (Fsp3) is 0.474. The van der Waals surface area contributed by atoms with Crippen LogP contribution in [0.5, 0.6) is 5.75 Å². The predicted octanol–water partition coefficient (Wildman–Crippen LogP) is -0.277. The van der Waals surface area contributed by atoms with Crippen LogP contribution >= 0.6 is 11.6 Å². The minimum Gasteiger partial charge on any atom is -0.491 e. The normalized spacial score (nSPS) is 20.9. The monoisotopic (exact) mass is 438 g/mol. The largest absolute Gasteiger partial charge is 0.491 e. The number of amidine groups is 1. The summed E-state index contributed by atoms with van der Waals surface area (Å²) in [4.78, 5) is 31.7. The Morgan fingerprint density at radius 1 is 1.23 bits per heavy atom. The number of aliphatic hydroxyl groups excluding tert-OH is 2. The highest BCUT2D eigenvalue weighted by molar-refractivity contribution is 6.30. The van der Waals surface area contributed by atoms with Gasteiger partial charge in [0.15, 0.2) is 0 Å². The van der Waals surface area contributed by atoms with Crippen LogP contribution in [0.25, 0.3) is 0 Å². The van der Waals surface area contributed by atoms with Gasteiger partial charge in [-0.3, -0.25) is 19.9 Å². The van der Waals surface area contributed by atoms with Crippen molar-refractivity contribution in [3.63, 3.8) is 0 Å². The van der Waals surface area contributed by atoms with Crippen LogP contribution < -0.4 is 10.1 Å². The molecule has 1 aromatic carbocycles. The Bertz CT molecular complexity index is 886. The first-order valence-electron chi connectivity index (χ1n) is 9.44. The van der Waals surface area contributed by atoms with Gasteiger partial charge in [-0.1, -0.05) is 16.6 Å². The second kappa shape index (κ2) is 8.99. The summed E-state index contributed by atoms with van der Waals surface area (Å²) in [6.07, 6.45) is -1.61. The molecule has 10 nitrogen and oxygen atoms in total. The van der Waals surface area contributed by atoms with Gasteiger partial charge < -0.3 is 14.9 Å². The molecule has 2 aliphatic rings. The average Bonchev–Trinajstić information content (AvgIpc) is 3.07. The molecule has 3 N–H and O–H groups in total. The van der Waals surface area contributed by atoms with E-state index in [1.165, 1.54) is 19.0 Å². The first-order valence-corrected chi connectivity index (χ1v) is 9.82. The highest BCUT2D eigenvalue weighted by atomic mass is 35.5. The van der Waals surface area contributed by atoms with Gasteiger partial charge in [-0.2, -0.15) is 0 Å². The van der Waals surface area contributed by atoms with Gasteiger partial charge in [0.05, 0.1) is 19.2 Å². The summed E-state index contributed by atoms with van der Waals surface area (Å²) in [5.74, 6) is 0.662. The van der Waals surface area contributed by atoms with Gasteiger partial charge in [0.2, 0.25) is 11.9 Å². The quantitative estimate of drug-likeness (QED) is 0.504. The van der Waals surface area contributed by atoms with Crippen molar-refractivity contribution in [1.82, 2.24) is 15.1 Å². The van der Waals surface area contributed by atoms with Crippen LogP contribution in [-0.4, -0.2) is 100 Å². The Balaban J connectivity index is 1.77. The summed E-state index contributed by atoms with van der Waals surface area (Å²) in [6, 6.07) is 5.39. The van der Waals surface area contributed by atoms with E-state index in [2.05, 4.69) is 10.3 Å². The molecule has 2 aliphatic heterocycles. The number of aliphatic imine (C=N–C) groups is 1. The lowest BCUT2D eigenvalue weighted by molar-refractivity contribution is -0.545. The van der Waals surface area contributed by atoms with E-state index in [0.717, 1.165) is 4.90 Å². The van der Waals surface area contributed by atoms with Gasteiger partial charge in [0.25, 0.3) is 5.91 Å². The van der Waals surface area contributed by atoms with Crippen LogP contribution in [-0.2, 0) is 4.79 Å². The van der Waals surface area contributed by atoms with E-state index < -0.39 is 30.2 Å². The fourth-order valence-corrected chi connectivity index (χ4v) is 3.30. The molecule has 2 heterocycles. The molecule has 3 amide bonds. The molecular weight excluding hydrogens is 414 g/mol. The van der Waals surface area contributed by atoms with Crippen LogP contribution in [0.1, 0.15) is 6.92 Å². The number of fused-ring (bicyclic) bond motifs is 1. The first kappa shape index (κ1) is 22.0. The van der Waals surface area contributed by atoms with E-state index >= 15 is 0 Å². The van der Waals surface area contributed by atoms with Crippen molar-refractivity contribution in [2.45, 2.75) is 25.2 Å². The third kappa shape index (κ3) is 4.55. The third-order valence-corrected chi connectivity index (χ3v) is 5.00. The van der Waals surface area contributed by atoms with E-state index in [9.17, 15) is 19.8 Å². The van der Waals surface area contributed by atoms with Crippen molar-refractivity contribution < 1.29 is 29.1 Å². The van der Waals surface area contributed by atoms with Crippen LogP contribution in [0.3, 0.4) is 0 Å². The SMILES string of the molecule is CC(O)CNC1=[N+](CC(O)COc2ccc(Cl)cc2)C2C(=O)N(C)C(=O)N(C)C2=N1. The van der Waals surface area contributed by atoms with Crippen LogP contribution in [0.15, 0.2) is 29.3 Å². The Kier molecular flexibility index (Phi) is 6.59. The van der Waals surface area contributed by atoms with Crippen LogP contribution in [0, 0.1) is 0 Å². The van der Waals surface area contributed by atoms with Gasteiger partial charge >= 0.3 is 12.0 Å². The van der Waals surface area contributed by atoms with Crippen LogP contribution in [0.2, 0.25) is 5.02 Å². The third-order valence-electron chi connectivity index (χ3n) is 4.75. The number of aliphatic hydroxyl groups is 2. The van der Waals surface area contributed by atoms with E-state index in [4.69, 9.17) is 16.3 Å². The van der Waals surface area contributed by atoms with Crippen molar-refractivity contribution >= 4 is 35.3 Å². The number of nitrogens with zero attached hydrogens (tertiary/aromatic N) is 4. The molecule has 162 valence electrons. The average molecular weight is 439 g/mol. The summed E-state index contributed by atoms with van der Waals surface area (Å²) < 4.78 is 7.17.